The Morgan fingerprint density at radius 2 is 1.58 bits per heavy atom. The van der Waals surface area contributed by atoms with Crippen molar-refractivity contribution in [3.8, 4) is 5.75 Å². The molecule has 0 unspecified atom stereocenters. The molecule has 9 nitrogen and oxygen atoms in total. The van der Waals surface area contributed by atoms with Gasteiger partial charge in [0, 0.05) is 26.2 Å². The Kier molecular flexibility index (Phi) is 6.47. The number of piperazine rings is 1. The van der Waals surface area contributed by atoms with Crippen molar-refractivity contribution in [2.75, 3.05) is 49.6 Å². The van der Waals surface area contributed by atoms with E-state index < -0.39 is 0 Å². The van der Waals surface area contributed by atoms with Crippen LogP contribution < -0.4 is 14.5 Å². The van der Waals surface area contributed by atoms with Crippen molar-refractivity contribution in [3.05, 3.63) is 102 Å². The van der Waals surface area contributed by atoms with Gasteiger partial charge in [-0.1, -0.05) is 77.9 Å². The molecule has 0 saturated carbocycles. The lowest BCUT2D eigenvalue weighted by Gasteiger charge is -2.38. The van der Waals surface area contributed by atoms with Gasteiger partial charge in [0.25, 0.3) is 5.95 Å². The van der Waals surface area contributed by atoms with Crippen LogP contribution in [0.3, 0.4) is 0 Å². The first-order valence-corrected chi connectivity index (χ1v) is 12.8. The number of nitrogens with zero attached hydrogens (tertiary/aromatic N) is 7. The third-order valence-corrected chi connectivity index (χ3v) is 7.15. The number of methoxy groups -OCH3 is 1. The average molecular weight is 508 g/mol. The summed E-state index contributed by atoms with van der Waals surface area (Å²) in [5.41, 5.74) is 4.06. The molecular weight excluding hydrogens is 478 g/mol. The van der Waals surface area contributed by atoms with Crippen molar-refractivity contribution < 1.29 is 9.53 Å². The zero-order valence-electron chi connectivity index (χ0n) is 21.2. The molecule has 3 heterocycles. The second kappa shape index (κ2) is 10.4. The minimum Gasteiger partial charge on any atom is -0.495 e. The molecule has 0 spiro atoms. The molecule has 2 aliphatic heterocycles. The number of carbonyl (C=O) groups is 1. The van der Waals surface area contributed by atoms with Crippen molar-refractivity contribution in [1.82, 2.24) is 25.1 Å². The van der Waals surface area contributed by atoms with E-state index in [9.17, 15) is 4.79 Å². The molecule has 1 fully saturated rings. The van der Waals surface area contributed by atoms with Crippen LogP contribution in [0.15, 0.2) is 91.0 Å². The van der Waals surface area contributed by atoms with E-state index in [0.29, 0.717) is 19.0 Å². The number of hydrogen-bond acceptors (Lipinski definition) is 7. The van der Waals surface area contributed by atoms with Crippen molar-refractivity contribution >= 4 is 23.2 Å². The topological polar surface area (TPSA) is 79.6 Å². The molecule has 2 aliphatic rings. The zero-order chi connectivity index (χ0) is 25.9. The third-order valence-electron chi connectivity index (χ3n) is 7.15. The predicted octanol–water partition coefficient (Wildman–Crippen LogP) is 3.48. The normalized spacial score (nSPS) is 17.1. The first-order chi connectivity index (χ1) is 18.7. The van der Waals surface area contributed by atoms with Crippen LogP contribution in [0.5, 0.6) is 5.75 Å². The predicted molar refractivity (Wildman–Crippen MR) is 146 cm³/mol. The van der Waals surface area contributed by atoms with Crippen LogP contribution in [0.2, 0.25) is 0 Å². The maximum Gasteiger partial charge on any atom is 0.251 e. The highest BCUT2D eigenvalue weighted by molar-refractivity contribution is 5.89. The highest BCUT2D eigenvalue weighted by Gasteiger charge is 2.33. The Balaban J connectivity index is 1.25. The van der Waals surface area contributed by atoms with E-state index in [2.05, 4.69) is 56.8 Å². The number of aromatic nitrogens is 4. The molecule has 0 N–H and O–H groups in total. The van der Waals surface area contributed by atoms with Gasteiger partial charge in [-0.25, -0.2) is 0 Å². The van der Waals surface area contributed by atoms with Crippen LogP contribution in [0.4, 0.5) is 11.6 Å². The molecule has 0 radical (unpaired) electrons. The molecule has 0 aliphatic carbocycles. The lowest BCUT2D eigenvalue weighted by Crippen LogP contribution is -2.51. The summed E-state index contributed by atoms with van der Waals surface area (Å²) in [6.45, 7) is 2.89. The lowest BCUT2D eigenvalue weighted by atomic mass is 10.0. The van der Waals surface area contributed by atoms with Gasteiger partial charge in [0.15, 0.2) is 0 Å². The molecule has 9 heteroatoms. The average Bonchev–Trinajstić information content (AvgIpc) is 3.48. The summed E-state index contributed by atoms with van der Waals surface area (Å²) in [4.78, 5) is 19.8. The summed E-state index contributed by atoms with van der Waals surface area (Å²) in [7, 11) is 1.69. The van der Waals surface area contributed by atoms with Gasteiger partial charge >= 0.3 is 0 Å². The summed E-state index contributed by atoms with van der Waals surface area (Å²) in [6.07, 6.45) is 2.14. The van der Waals surface area contributed by atoms with Gasteiger partial charge in [-0.2, -0.15) is 4.68 Å². The maximum absolute atomic E-state index is 13.6. The summed E-state index contributed by atoms with van der Waals surface area (Å²) < 4.78 is 7.32. The minimum atomic E-state index is -0.174. The Morgan fingerprint density at radius 3 is 2.32 bits per heavy atom. The molecule has 38 heavy (non-hydrogen) atoms. The number of tetrazole rings is 1. The molecule has 4 aromatic rings. The SMILES string of the molecule is COc1ccccc1N1CCN(C(=O)CN2C(c3ccccc3)=C[C@H](c3ccccc3)n3nnnc32)CC1. The zero-order valence-corrected chi connectivity index (χ0v) is 21.2. The van der Waals surface area contributed by atoms with Crippen molar-refractivity contribution in [2.24, 2.45) is 0 Å². The fourth-order valence-electron chi connectivity index (χ4n) is 5.19. The van der Waals surface area contributed by atoms with Crippen molar-refractivity contribution in [2.45, 2.75) is 6.04 Å². The molecule has 1 amide bonds. The third kappa shape index (κ3) is 4.47. The monoisotopic (exact) mass is 507 g/mol. The minimum absolute atomic E-state index is 0.0409. The van der Waals surface area contributed by atoms with E-state index in [1.54, 1.807) is 11.8 Å². The van der Waals surface area contributed by atoms with Gasteiger partial charge in [-0.15, -0.1) is 0 Å². The van der Waals surface area contributed by atoms with Crippen molar-refractivity contribution in [1.29, 1.82) is 0 Å². The van der Waals surface area contributed by atoms with Gasteiger partial charge in [0.05, 0.1) is 18.5 Å². The number of anilines is 2. The number of hydrogen-bond donors (Lipinski definition) is 0. The Bertz CT molecular complexity index is 1430. The van der Waals surface area contributed by atoms with Gasteiger partial charge in [0.2, 0.25) is 5.91 Å². The van der Waals surface area contributed by atoms with Crippen LogP contribution in [0.1, 0.15) is 17.2 Å². The van der Waals surface area contributed by atoms with Crippen molar-refractivity contribution in [3.63, 3.8) is 0 Å². The number of allylic oxidation sites excluding steroid dienone is 1. The quantitative estimate of drug-likeness (QED) is 0.395. The van der Waals surface area contributed by atoms with Crippen LogP contribution >= 0.6 is 0 Å². The molecule has 3 aromatic carbocycles. The number of benzene rings is 3. The van der Waals surface area contributed by atoms with Gasteiger partial charge in [0.1, 0.15) is 18.3 Å². The summed E-state index contributed by atoms with van der Waals surface area (Å²) in [5.74, 6) is 1.44. The fraction of sp³-hybridized carbons (Fsp3) is 0.241. The molecule has 1 atom stereocenters. The summed E-state index contributed by atoms with van der Waals surface area (Å²) >= 11 is 0. The maximum atomic E-state index is 13.6. The van der Waals surface area contributed by atoms with Crippen LogP contribution in [0.25, 0.3) is 5.70 Å². The number of ether oxygens (including phenoxy) is 1. The second-order valence-corrected chi connectivity index (χ2v) is 9.32. The lowest BCUT2D eigenvalue weighted by molar-refractivity contribution is -0.129. The second-order valence-electron chi connectivity index (χ2n) is 9.32. The number of carbonyl (C=O) groups excluding carboxylic acids is 1. The Morgan fingerprint density at radius 1 is 0.895 bits per heavy atom. The van der Waals surface area contributed by atoms with Gasteiger partial charge in [-0.3, -0.25) is 9.69 Å². The number of amides is 1. The number of fused-ring (bicyclic) bond motifs is 1. The highest BCUT2D eigenvalue weighted by atomic mass is 16.5. The number of rotatable bonds is 6. The summed E-state index contributed by atoms with van der Waals surface area (Å²) in [5, 5.41) is 12.6. The van der Waals surface area contributed by atoms with E-state index in [0.717, 1.165) is 41.4 Å². The molecular formula is C29H29N7O2. The Hall–Kier alpha value is -4.66. The van der Waals surface area contributed by atoms with E-state index in [1.165, 1.54) is 0 Å². The van der Waals surface area contributed by atoms with E-state index in [4.69, 9.17) is 4.74 Å². The number of para-hydroxylation sites is 2. The largest absolute Gasteiger partial charge is 0.495 e. The smallest absolute Gasteiger partial charge is 0.251 e. The first kappa shape index (κ1) is 23.7. The van der Waals surface area contributed by atoms with Gasteiger partial charge in [-0.05, 0) is 39.8 Å². The molecule has 0 bridgehead atoms. The van der Waals surface area contributed by atoms with Gasteiger partial charge < -0.3 is 14.5 Å². The van der Waals surface area contributed by atoms with E-state index in [-0.39, 0.29) is 18.5 Å². The highest BCUT2D eigenvalue weighted by Crippen LogP contribution is 2.36. The Labute approximate surface area is 221 Å². The van der Waals surface area contributed by atoms with E-state index in [1.807, 2.05) is 64.4 Å². The summed E-state index contributed by atoms with van der Waals surface area (Å²) in [6, 6.07) is 28.1. The molecule has 6 rings (SSSR count). The van der Waals surface area contributed by atoms with Crippen LogP contribution in [0, 0.1) is 0 Å². The van der Waals surface area contributed by atoms with E-state index >= 15 is 0 Å². The van der Waals surface area contributed by atoms with Crippen LogP contribution in [-0.4, -0.2) is 70.8 Å². The van der Waals surface area contributed by atoms with Crippen LogP contribution in [-0.2, 0) is 4.79 Å². The molecule has 192 valence electrons. The standard InChI is InChI=1S/C29H29N7O2/c1-38-27-15-9-8-14-24(27)33-16-18-34(19-17-33)28(37)21-35-25(22-10-4-2-5-11-22)20-26(23-12-6-3-7-13-23)36-29(35)30-31-32-36/h2-15,20,26H,16-19,21H2,1H3/t26-/m1/s1. The fourth-order valence-corrected chi connectivity index (χ4v) is 5.19. The first-order valence-electron chi connectivity index (χ1n) is 12.8. The molecule has 1 aromatic heterocycles. The molecule has 1 saturated heterocycles.